The molecule has 1 aromatic heterocycles. The molecule has 2 heterocycles. The monoisotopic (exact) mass is 289 g/mol. The molecule has 0 amide bonds. The largest absolute Gasteiger partial charge is 0.399 e. The van der Waals surface area contributed by atoms with Crippen LogP contribution in [0.3, 0.4) is 0 Å². The second-order valence-electron chi connectivity index (χ2n) is 5.33. The summed E-state index contributed by atoms with van der Waals surface area (Å²) in [7, 11) is 2.07. The van der Waals surface area contributed by atoms with E-state index in [1.54, 1.807) is 18.2 Å². The Bertz CT molecular complexity index is 699. The minimum absolute atomic E-state index is 0.0937. The molecule has 0 spiro atoms. The minimum atomic E-state index is -0.198. The van der Waals surface area contributed by atoms with E-state index < -0.39 is 0 Å². The quantitative estimate of drug-likeness (QED) is 0.701. The summed E-state index contributed by atoms with van der Waals surface area (Å²) in [5.74, 6) is 0.453. The number of fused-ring (bicyclic) bond motifs is 1. The van der Waals surface area contributed by atoms with E-state index in [1.165, 1.54) is 0 Å². The molecule has 3 rings (SSSR count). The highest BCUT2D eigenvalue weighted by molar-refractivity contribution is 5.81. The molecule has 2 aromatic rings. The van der Waals surface area contributed by atoms with Gasteiger partial charge >= 0.3 is 0 Å². The van der Waals surface area contributed by atoms with Gasteiger partial charge in [-0.2, -0.15) is 0 Å². The number of nitrogens with zero attached hydrogens (tertiary/aromatic N) is 2. The summed E-state index contributed by atoms with van der Waals surface area (Å²) in [5, 5.41) is 3.63. The number of nitrogen functional groups attached to an aromatic ring is 1. The van der Waals surface area contributed by atoms with Crippen LogP contribution in [0.1, 0.15) is 0 Å². The third-order valence-electron chi connectivity index (χ3n) is 3.57. The van der Waals surface area contributed by atoms with Gasteiger partial charge in [-0.15, -0.1) is 0 Å². The van der Waals surface area contributed by atoms with Gasteiger partial charge in [-0.1, -0.05) is 0 Å². The molecule has 7 heteroatoms. The van der Waals surface area contributed by atoms with E-state index in [0.717, 1.165) is 19.7 Å². The van der Waals surface area contributed by atoms with E-state index in [1.807, 2.05) is 0 Å². The second kappa shape index (κ2) is 5.71. The Hall–Kier alpha value is -2.12. The van der Waals surface area contributed by atoms with Crippen LogP contribution in [0.15, 0.2) is 23.0 Å². The lowest BCUT2D eigenvalue weighted by Gasteiger charge is -2.30. The fraction of sp³-hybridized carbons (Fsp3) is 0.429. The fourth-order valence-corrected chi connectivity index (χ4v) is 2.44. The molecule has 1 unspecified atom stereocenters. The highest BCUT2D eigenvalue weighted by atomic mass is 16.5. The number of H-pyrrole nitrogens is 1. The predicted molar refractivity (Wildman–Crippen MR) is 82.5 cm³/mol. The van der Waals surface area contributed by atoms with Crippen LogP contribution in [0.2, 0.25) is 0 Å². The summed E-state index contributed by atoms with van der Waals surface area (Å²) in [5.41, 5.74) is 6.66. The van der Waals surface area contributed by atoms with Crippen molar-refractivity contribution in [3.8, 4) is 0 Å². The molecule has 7 nitrogen and oxygen atoms in total. The lowest BCUT2D eigenvalue weighted by Crippen LogP contribution is -2.43. The number of ether oxygens (including phenoxy) is 1. The van der Waals surface area contributed by atoms with Crippen LogP contribution in [0.4, 0.5) is 11.6 Å². The van der Waals surface area contributed by atoms with Gasteiger partial charge in [0.15, 0.2) is 0 Å². The molecule has 1 atom stereocenters. The van der Waals surface area contributed by atoms with Crippen LogP contribution in [-0.2, 0) is 4.74 Å². The normalized spacial score (nSPS) is 19.8. The maximum atomic E-state index is 12.0. The van der Waals surface area contributed by atoms with Gasteiger partial charge in [-0.05, 0) is 25.2 Å². The Balaban J connectivity index is 1.75. The highest BCUT2D eigenvalue weighted by Crippen LogP contribution is 2.13. The van der Waals surface area contributed by atoms with Crippen molar-refractivity contribution < 1.29 is 4.74 Å². The summed E-state index contributed by atoms with van der Waals surface area (Å²) in [6.07, 6.45) is 0.0937. The maximum Gasteiger partial charge on any atom is 0.260 e. The standard InChI is InChI=1S/C14H19N5O2/c1-19-4-5-21-10(8-19)7-16-14-17-12-3-2-9(15)6-11(12)13(20)18-14/h2-3,6,10H,4-5,7-8,15H2,1H3,(H2,16,17,18,20). The van der Waals surface area contributed by atoms with Gasteiger partial charge in [0.2, 0.25) is 5.95 Å². The van der Waals surface area contributed by atoms with Gasteiger partial charge in [0.1, 0.15) is 0 Å². The van der Waals surface area contributed by atoms with E-state index in [4.69, 9.17) is 10.5 Å². The van der Waals surface area contributed by atoms with E-state index in [-0.39, 0.29) is 11.7 Å². The minimum Gasteiger partial charge on any atom is -0.399 e. The first-order valence-corrected chi connectivity index (χ1v) is 6.95. The van der Waals surface area contributed by atoms with E-state index >= 15 is 0 Å². The van der Waals surface area contributed by atoms with Crippen molar-refractivity contribution in [2.75, 3.05) is 44.3 Å². The van der Waals surface area contributed by atoms with Crippen molar-refractivity contribution in [3.63, 3.8) is 0 Å². The third kappa shape index (κ3) is 3.14. The number of hydrogen-bond acceptors (Lipinski definition) is 6. The van der Waals surface area contributed by atoms with Crippen LogP contribution in [-0.4, -0.2) is 54.3 Å². The van der Waals surface area contributed by atoms with Crippen LogP contribution >= 0.6 is 0 Å². The second-order valence-corrected chi connectivity index (χ2v) is 5.33. The Morgan fingerprint density at radius 2 is 2.43 bits per heavy atom. The first kappa shape index (κ1) is 13.8. The van der Waals surface area contributed by atoms with Crippen molar-refractivity contribution in [1.29, 1.82) is 0 Å². The molecule has 1 aliphatic heterocycles. The van der Waals surface area contributed by atoms with Gasteiger partial charge < -0.3 is 20.7 Å². The van der Waals surface area contributed by atoms with Crippen molar-refractivity contribution >= 4 is 22.5 Å². The smallest absolute Gasteiger partial charge is 0.260 e. The zero-order valence-electron chi connectivity index (χ0n) is 11.9. The summed E-state index contributed by atoms with van der Waals surface area (Å²) >= 11 is 0. The van der Waals surface area contributed by atoms with Crippen LogP contribution in [0, 0.1) is 0 Å². The molecule has 1 saturated heterocycles. The Morgan fingerprint density at radius 3 is 3.24 bits per heavy atom. The molecule has 112 valence electrons. The number of nitrogens with one attached hydrogen (secondary N) is 2. The van der Waals surface area contributed by atoms with Gasteiger partial charge in [0, 0.05) is 25.3 Å². The topological polar surface area (TPSA) is 96.3 Å². The molecule has 0 saturated carbocycles. The van der Waals surface area contributed by atoms with Gasteiger partial charge in [-0.3, -0.25) is 9.78 Å². The molecule has 0 radical (unpaired) electrons. The Kier molecular flexibility index (Phi) is 3.76. The SMILES string of the molecule is CN1CCOC(CNc2nc3ccc(N)cc3c(=O)[nH]2)C1. The van der Waals surface area contributed by atoms with E-state index in [9.17, 15) is 4.79 Å². The molecule has 0 bridgehead atoms. The zero-order valence-corrected chi connectivity index (χ0v) is 11.9. The third-order valence-corrected chi connectivity index (χ3v) is 3.57. The lowest BCUT2D eigenvalue weighted by molar-refractivity contribution is -0.0117. The van der Waals surface area contributed by atoms with Crippen LogP contribution < -0.4 is 16.6 Å². The maximum absolute atomic E-state index is 12.0. The summed E-state index contributed by atoms with van der Waals surface area (Å²) in [6.45, 7) is 3.14. The van der Waals surface area contributed by atoms with Crippen LogP contribution in [0.5, 0.6) is 0 Å². The number of morpholine rings is 1. The van der Waals surface area contributed by atoms with Crippen molar-refractivity contribution in [2.45, 2.75) is 6.10 Å². The van der Waals surface area contributed by atoms with Crippen molar-refractivity contribution in [3.05, 3.63) is 28.6 Å². The number of aromatic amines is 1. The van der Waals surface area contributed by atoms with Crippen molar-refractivity contribution in [2.24, 2.45) is 0 Å². The average Bonchev–Trinajstić information content (AvgIpc) is 2.46. The van der Waals surface area contributed by atoms with Gasteiger partial charge in [-0.25, -0.2) is 4.98 Å². The zero-order chi connectivity index (χ0) is 14.8. The number of hydrogen-bond donors (Lipinski definition) is 3. The highest BCUT2D eigenvalue weighted by Gasteiger charge is 2.17. The Morgan fingerprint density at radius 1 is 1.57 bits per heavy atom. The molecular weight excluding hydrogens is 270 g/mol. The van der Waals surface area contributed by atoms with Gasteiger partial charge in [0.05, 0.1) is 23.6 Å². The van der Waals surface area contributed by atoms with Crippen LogP contribution in [0.25, 0.3) is 10.9 Å². The number of anilines is 2. The first-order chi connectivity index (χ1) is 10.1. The molecule has 4 N–H and O–H groups in total. The van der Waals surface area contributed by atoms with E-state index in [0.29, 0.717) is 29.1 Å². The number of likely N-dealkylation sites (N-methyl/N-ethyl adjacent to an activating group) is 1. The number of benzene rings is 1. The Labute approximate surface area is 122 Å². The predicted octanol–water partition coefficient (Wildman–Crippen LogP) is 0.248. The summed E-state index contributed by atoms with van der Waals surface area (Å²) in [6, 6.07) is 5.11. The first-order valence-electron chi connectivity index (χ1n) is 6.95. The van der Waals surface area contributed by atoms with Crippen molar-refractivity contribution in [1.82, 2.24) is 14.9 Å². The average molecular weight is 289 g/mol. The number of nitrogens with two attached hydrogens (primary N) is 1. The molecule has 1 aliphatic rings. The number of aromatic nitrogens is 2. The number of rotatable bonds is 3. The van der Waals surface area contributed by atoms with E-state index in [2.05, 4.69) is 27.2 Å². The van der Waals surface area contributed by atoms with Gasteiger partial charge in [0.25, 0.3) is 5.56 Å². The molecule has 21 heavy (non-hydrogen) atoms. The lowest BCUT2D eigenvalue weighted by atomic mass is 10.2. The molecule has 1 aromatic carbocycles. The summed E-state index contributed by atoms with van der Waals surface area (Å²) in [4.78, 5) is 21.4. The molecular formula is C14H19N5O2. The fourth-order valence-electron chi connectivity index (χ4n) is 2.44. The molecule has 1 fully saturated rings. The molecule has 0 aliphatic carbocycles. The summed E-state index contributed by atoms with van der Waals surface area (Å²) < 4.78 is 5.66.